The Kier molecular flexibility index (Phi) is 13.3. The molecule has 0 aromatic heterocycles. The van der Waals surface area contributed by atoms with Crippen LogP contribution in [0.3, 0.4) is 0 Å². The quantitative estimate of drug-likeness (QED) is 0.279. The molecule has 126 valence electrons. The second-order valence-corrected chi connectivity index (χ2v) is 5.30. The molecule has 1 rings (SSSR count). The van der Waals surface area contributed by atoms with Crippen LogP contribution in [0.15, 0.2) is 35.3 Å². The van der Waals surface area contributed by atoms with Crippen molar-refractivity contribution < 1.29 is 4.74 Å². The summed E-state index contributed by atoms with van der Waals surface area (Å²) in [4.78, 5) is 4.55. The standard InChI is InChI=1S/C17H29N3O.HI/c1-4-18-17(20-15(2)3)19-12-8-9-13-21-14-16-10-6-5-7-11-16;/h5-7,10-11,15H,4,8-9,12-14H2,1-3H3,(H2,18,19,20);1H. The summed E-state index contributed by atoms with van der Waals surface area (Å²) in [6.45, 7) is 9.51. The van der Waals surface area contributed by atoms with E-state index in [-0.39, 0.29) is 24.0 Å². The first-order valence-corrected chi connectivity index (χ1v) is 7.89. The summed E-state index contributed by atoms with van der Waals surface area (Å²) >= 11 is 0. The van der Waals surface area contributed by atoms with E-state index in [0.29, 0.717) is 12.6 Å². The average molecular weight is 419 g/mol. The highest BCUT2D eigenvalue weighted by atomic mass is 127. The number of hydrogen-bond donors (Lipinski definition) is 2. The van der Waals surface area contributed by atoms with E-state index < -0.39 is 0 Å². The van der Waals surface area contributed by atoms with Crippen molar-refractivity contribution in [3.8, 4) is 0 Å². The van der Waals surface area contributed by atoms with E-state index >= 15 is 0 Å². The first kappa shape index (κ1) is 21.2. The topological polar surface area (TPSA) is 45.7 Å². The first-order valence-electron chi connectivity index (χ1n) is 7.89. The fraction of sp³-hybridized carbons (Fsp3) is 0.588. The largest absolute Gasteiger partial charge is 0.377 e. The molecule has 0 aliphatic heterocycles. The molecule has 0 radical (unpaired) electrons. The van der Waals surface area contributed by atoms with Gasteiger partial charge in [0.05, 0.1) is 6.61 Å². The lowest BCUT2D eigenvalue weighted by Gasteiger charge is -2.13. The van der Waals surface area contributed by atoms with Gasteiger partial charge in [0, 0.05) is 25.7 Å². The molecule has 0 atom stereocenters. The van der Waals surface area contributed by atoms with Crippen LogP contribution in [0.2, 0.25) is 0 Å². The SMILES string of the molecule is CCNC(=NCCCCOCc1ccccc1)NC(C)C.I. The highest BCUT2D eigenvalue weighted by molar-refractivity contribution is 14.0. The van der Waals surface area contributed by atoms with Crippen molar-refractivity contribution in [1.29, 1.82) is 0 Å². The number of rotatable bonds is 9. The van der Waals surface area contributed by atoms with Gasteiger partial charge in [-0.3, -0.25) is 4.99 Å². The van der Waals surface area contributed by atoms with Crippen LogP contribution >= 0.6 is 24.0 Å². The second kappa shape index (κ2) is 13.8. The number of benzene rings is 1. The Morgan fingerprint density at radius 1 is 1.18 bits per heavy atom. The van der Waals surface area contributed by atoms with Crippen LogP contribution in [0.1, 0.15) is 39.2 Å². The zero-order chi connectivity index (χ0) is 15.3. The number of nitrogens with zero attached hydrogens (tertiary/aromatic N) is 1. The van der Waals surface area contributed by atoms with Gasteiger partial charge in [-0.25, -0.2) is 0 Å². The van der Waals surface area contributed by atoms with Gasteiger partial charge in [0.15, 0.2) is 5.96 Å². The van der Waals surface area contributed by atoms with Crippen LogP contribution in [0.4, 0.5) is 0 Å². The van der Waals surface area contributed by atoms with Crippen LogP contribution in [-0.4, -0.2) is 31.7 Å². The van der Waals surface area contributed by atoms with E-state index in [1.165, 1.54) is 5.56 Å². The molecule has 5 heteroatoms. The van der Waals surface area contributed by atoms with Crippen molar-refractivity contribution in [3.05, 3.63) is 35.9 Å². The maximum Gasteiger partial charge on any atom is 0.191 e. The molecule has 0 amide bonds. The van der Waals surface area contributed by atoms with E-state index in [9.17, 15) is 0 Å². The van der Waals surface area contributed by atoms with E-state index in [1.807, 2.05) is 18.2 Å². The molecule has 1 aromatic rings. The molecule has 0 aliphatic carbocycles. The van der Waals surface area contributed by atoms with Crippen LogP contribution in [-0.2, 0) is 11.3 Å². The molecule has 0 unspecified atom stereocenters. The zero-order valence-corrected chi connectivity index (χ0v) is 16.3. The fourth-order valence-electron chi connectivity index (χ4n) is 1.86. The summed E-state index contributed by atoms with van der Waals surface area (Å²) in [5, 5.41) is 6.56. The van der Waals surface area contributed by atoms with Crippen molar-refractivity contribution in [2.24, 2.45) is 4.99 Å². The molecule has 1 aromatic carbocycles. The minimum absolute atomic E-state index is 0. The molecule has 0 fully saturated rings. The van der Waals surface area contributed by atoms with Gasteiger partial charge < -0.3 is 15.4 Å². The molecular weight excluding hydrogens is 389 g/mol. The Hall–Kier alpha value is -0.820. The summed E-state index contributed by atoms with van der Waals surface area (Å²) in [6.07, 6.45) is 2.08. The second-order valence-electron chi connectivity index (χ2n) is 5.30. The molecule has 0 saturated heterocycles. The summed E-state index contributed by atoms with van der Waals surface area (Å²) in [5.74, 6) is 0.901. The first-order chi connectivity index (χ1) is 10.2. The van der Waals surface area contributed by atoms with Crippen LogP contribution in [0, 0.1) is 0 Å². The number of unbranched alkanes of at least 4 members (excludes halogenated alkanes) is 1. The molecule has 4 nitrogen and oxygen atoms in total. The fourth-order valence-corrected chi connectivity index (χ4v) is 1.86. The van der Waals surface area contributed by atoms with Gasteiger partial charge in [-0.1, -0.05) is 30.3 Å². The summed E-state index contributed by atoms with van der Waals surface area (Å²) < 4.78 is 5.66. The number of halogens is 1. The van der Waals surface area contributed by atoms with Crippen LogP contribution in [0.5, 0.6) is 0 Å². The molecule has 0 spiro atoms. The number of ether oxygens (including phenoxy) is 1. The highest BCUT2D eigenvalue weighted by Crippen LogP contribution is 2.01. The normalized spacial score (nSPS) is 11.2. The van der Waals surface area contributed by atoms with E-state index in [4.69, 9.17) is 4.74 Å². The number of guanidine groups is 1. The number of hydrogen-bond acceptors (Lipinski definition) is 2. The third-order valence-corrected chi connectivity index (χ3v) is 2.85. The Morgan fingerprint density at radius 2 is 1.91 bits per heavy atom. The predicted molar refractivity (Wildman–Crippen MR) is 105 cm³/mol. The van der Waals surface area contributed by atoms with Crippen LogP contribution < -0.4 is 10.6 Å². The van der Waals surface area contributed by atoms with Crippen molar-refractivity contribution in [1.82, 2.24) is 10.6 Å². The highest BCUT2D eigenvalue weighted by Gasteiger charge is 1.98. The zero-order valence-electron chi connectivity index (χ0n) is 14.0. The molecule has 22 heavy (non-hydrogen) atoms. The van der Waals surface area contributed by atoms with Crippen molar-refractivity contribution in [3.63, 3.8) is 0 Å². The van der Waals surface area contributed by atoms with Gasteiger partial charge >= 0.3 is 0 Å². The lowest BCUT2D eigenvalue weighted by molar-refractivity contribution is 0.117. The predicted octanol–water partition coefficient (Wildman–Crippen LogP) is 3.56. The maximum atomic E-state index is 5.66. The number of nitrogens with one attached hydrogen (secondary N) is 2. The minimum atomic E-state index is 0. The molecular formula is C17H30IN3O. The van der Waals surface area contributed by atoms with Gasteiger partial charge in [-0.15, -0.1) is 24.0 Å². The summed E-state index contributed by atoms with van der Waals surface area (Å²) in [6, 6.07) is 10.7. The summed E-state index contributed by atoms with van der Waals surface area (Å²) in [5.41, 5.74) is 1.23. The lowest BCUT2D eigenvalue weighted by Crippen LogP contribution is -2.41. The minimum Gasteiger partial charge on any atom is -0.377 e. The van der Waals surface area contributed by atoms with Gasteiger partial charge in [0.1, 0.15) is 0 Å². The molecule has 0 heterocycles. The molecule has 2 N–H and O–H groups in total. The Morgan fingerprint density at radius 3 is 2.55 bits per heavy atom. The average Bonchev–Trinajstić information content (AvgIpc) is 2.47. The van der Waals surface area contributed by atoms with Gasteiger partial charge in [0.25, 0.3) is 0 Å². The third kappa shape index (κ3) is 10.8. The maximum absolute atomic E-state index is 5.66. The Balaban J connectivity index is 0.00000441. The smallest absolute Gasteiger partial charge is 0.191 e. The van der Waals surface area contributed by atoms with E-state index in [2.05, 4.69) is 48.5 Å². The molecule has 0 saturated carbocycles. The van der Waals surface area contributed by atoms with Crippen molar-refractivity contribution in [2.75, 3.05) is 19.7 Å². The molecule has 0 bridgehead atoms. The van der Waals surface area contributed by atoms with Crippen LogP contribution in [0.25, 0.3) is 0 Å². The van der Waals surface area contributed by atoms with E-state index in [0.717, 1.165) is 38.5 Å². The Bertz CT molecular complexity index is 396. The Labute approximate surface area is 152 Å². The molecule has 0 aliphatic rings. The van der Waals surface area contributed by atoms with Gasteiger partial charge in [0.2, 0.25) is 0 Å². The van der Waals surface area contributed by atoms with Gasteiger partial charge in [-0.05, 0) is 39.2 Å². The third-order valence-electron chi connectivity index (χ3n) is 2.85. The summed E-state index contributed by atoms with van der Waals surface area (Å²) in [7, 11) is 0. The number of aliphatic imine (C=N–C) groups is 1. The van der Waals surface area contributed by atoms with Crippen molar-refractivity contribution in [2.45, 2.75) is 46.3 Å². The van der Waals surface area contributed by atoms with Gasteiger partial charge in [-0.2, -0.15) is 0 Å². The van der Waals surface area contributed by atoms with E-state index in [1.54, 1.807) is 0 Å². The van der Waals surface area contributed by atoms with Crippen molar-refractivity contribution >= 4 is 29.9 Å². The monoisotopic (exact) mass is 419 g/mol. The lowest BCUT2D eigenvalue weighted by atomic mass is 10.2.